The van der Waals surface area contributed by atoms with Crippen molar-refractivity contribution in [1.29, 1.82) is 0 Å². The standard InChI is InChI=1S/C22H29N3O7S/c1-5-11-32-19-9-7-16(12-21(19)31-6-2)14-23-25-22(26)15-24-33(27,28)17-8-10-18(29-3)20(13-17)30-4/h7-10,12-14,24H,5-6,11,15H2,1-4H3,(H,25,26)/b23-14-. The molecule has 33 heavy (non-hydrogen) atoms. The molecule has 0 spiro atoms. The molecule has 180 valence electrons. The highest BCUT2D eigenvalue weighted by atomic mass is 32.2. The van der Waals surface area contributed by atoms with Crippen LogP contribution < -0.4 is 29.1 Å². The zero-order valence-corrected chi connectivity index (χ0v) is 19.9. The van der Waals surface area contributed by atoms with Gasteiger partial charge in [-0.05, 0) is 49.2 Å². The van der Waals surface area contributed by atoms with E-state index >= 15 is 0 Å². The minimum absolute atomic E-state index is 0.0645. The first-order chi connectivity index (χ1) is 15.8. The number of benzene rings is 2. The molecular formula is C22H29N3O7S. The van der Waals surface area contributed by atoms with E-state index < -0.39 is 22.5 Å². The van der Waals surface area contributed by atoms with Crippen molar-refractivity contribution < 1.29 is 32.2 Å². The third kappa shape index (κ3) is 7.65. The maximum atomic E-state index is 12.5. The normalized spacial score (nSPS) is 11.3. The van der Waals surface area contributed by atoms with Gasteiger partial charge in [-0.15, -0.1) is 0 Å². The van der Waals surface area contributed by atoms with E-state index in [4.69, 9.17) is 18.9 Å². The van der Waals surface area contributed by atoms with Gasteiger partial charge in [0.2, 0.25) is 10.0 Å². The Morgan fingerprint density at radius 2 is 1.70 bits per heavy atom. The molecule has 1 amide bonds. The van der Waals surface area contributed by atoms with Gasteiger partial charge in [-0.3, -0.25) is 4.79 Å². The van der Waals surface area contributed by atoms with Gasteiger partial charge in [-0.1, -0.05) is 6.92 Å². The van der Waals surface area contributed by atoms with E-state index in [1.165, 1.54) is 38.6 Å². The molecule has 0 bridgehead atoms. The van der Waals surface area contributed by atoms with Gasteiger partial charge in [0.25, 0.3) is 5.91 Å². The summed E-state index contributed by atoms with van der Waals surface area (Å²) in [5, 5.41) is 3.87. The van der Waals surface area contributed by atoms with Crippen LogP contribution in [0.2, 0.25) is 0 Å². The number of hydrazone groups is 1. The van der Waals surface area contributed by atoms with Gasteiger partial charge in [-0.25, -0.2) is 18.6 Å². The number of nitrogens with zero attached hydrogens (tertiary/aromatic N) is 1. The molecule has 2 rings (SSSR count). The number of nitrogens with one attached hydrogen (secondary N) is 2. The third-order valence-corrected chi connectivity index (χ3v) is 5.62. The van der Waals surface area contributed by atoms with Crippen molar-refractivity contribution in [3.8, 4) is 23.0 Å². The highest BCUT2D eigenvalue weighted by molar-refractivity contribution is 7.89. The third-order valence-electron chi connectivity index (χ3n) is 4.22. The van der Waals surface area contributed by atoms with Gasteiger partial charge in [0.1, 0.15) is 0 Å². The Labute approximate surface area is 193 Å². The summed E-state index contributed by atoms with van der Waals surface area (Å²) in [6.45, 7) is 4.43. The van der Waals surface area contributed by atoms with E-state index in [2.05, 4.69) is 15.2 Å². The predicted molar refractivity (Wildman–Crippen MR) is 124 cm³/mol. The minimum Gasteiger partial charge on any atom is -0.493 e. The van der Waals surface area contributed by atoms with Gasteiger partial charge >= 0.3 is 0 Å². The second-order valence-electron chi connectivity index (χ2n) is 6.62. The van der Waals surface area contributed by atoms with Crippen molar-refractivity contribution in [3.05, 3.63) is 42.0 Å². The van der Waals surface area contributed by atoms with Gasteiger partial charge in [0.15, 0.2) is 23.0 Å². The van der Waals surface area contributed by atoms with E-state index in [0.29, 0.717) is 36.0 Å². The fourth-order valence-electron chi connectivity index (χ4n) is 2.65. The molecule has 10 nitrogen and oxygen atoms in total. The fourth-order valence-corrected chi connectivity index (χ4v) is 3.65. The van der Waals surface area contributed by atoms with Crippen molar-refractivity contribution in [3.63, 3.8) is 0 Å². The van der Waals surface area contributed by atoms with Gasteiger partial charge < -0.3 is 18.9 Å². The summed E-state index contributed by atoms with van der Waals surface area (Å²) in [6, 6.07) is 9.39. The Morgan fingerprint density at radius 3 is 2.36 bits per heavy atom. The van der Waals surface area contributed by atoms with E-state index in [1.54, 1.807) is 18.2 Å². The van der Waals surface area contributed by atoms with E-state index in [0.717, 1.165) is 6.42 Å². The molecule has 0 atom stereocenters. The monoisotopic (exact) mass is 479 g/mol. The lowest BCUT2D eigenvalue weighted by molar-refractivity contribution is -0.119. The van der Waals surface area contributed by atoms with Crippen LogP contribution in [0, 0.1) is 0 Å². The Balaban J connectivity index is 1.96. The number of rotatable bonds is 13. The average Bonchev–Trinajstić information content (AvgIpc) is 2.82. The van der Waals surface area contributed by atoms with Crippen LogP contribution in [-0.4, -0.2) is 54.5 Å². The van der Waals surface area contributed by atoms with E-state index in [9.17, 15) is 13.2 Å². The smallest absolute Gasteiger partial charge is 0.255 e. The molecule has 0 aliphatic heterocycles. The maximum Gasteiger partial charge on any atom is 0.255 e. The second-order valence-corrected chi connectivity index (χ2v) is 8.39. The van der Waals surface area contributed by atoms with Crippen molar-refractivity contribution >= 4 is 22.1 Å². The van der Waals surface area contributed by atoms with Crippen LogP contribution in [0.15, 0.2) is 46.4 Å². The molecule has 0 unspecified atom stereocenters. The molecule has 0 radical (unpaired) electrons. The molecule has 0 aromatic heterocycles. The highest BCUT2D eigenvalue weighted by Gasteiger charge is 2.18. The molecule has 0 aliphatic rings. The average molecular weight is 480 g/mol. The number of methoxy groups -OCH3 is 2. The topological polar surface area (TPSA) is 125 Å². The molecule has 0 fully saturated rings. The van der Waals surface area contributed by atoms with Crippen LogP contribution in [0.3, 0.4) is 0 Å². The van der Waals surface area contributed by atoms with E-state index in [1.807, 2.05) is 13.8 Å². The van der Waals surface area contributed by atoms with Crippen molar-refractivity contribution in [1.82, 2.24) is 10.1 Å². The summed E-state index contributed by atoms with van der Waals surface area (Å²) in [5.74, 6) is 1.21. The molecule has 0 saturated carbocycles. The summed E-state index contributed by atoms with van der Waals surface area (Å²) >= 11 is 0. The Morgan fingerprint density at radius 1 is 0.970 bits per heavy atom. The Hall–Kier alpha value is -3.31. The number of carbonyl (C=O) groups is 1. The first-order valence-electron chi connectivity index (χ1n) is 10.3. The Bertz CT molecular complexity index is 1070. The first-order valence-corrected chi connectivity index (χ1v) is 11.8. The Kier molecular flexibility index (Phi) is 9.95. The van der Waals surface area contributed by atoms with Crippen LogP contribution in [0.25, 0.3) is 0 Å². The lowest BCUT2D eigenvalue weighted by atomic mass is 10.2. The van der Waals surface area contributed by atoms with Gasteiger partial charge in [-0.2, -0.15) is 5.10 Å². The minimum atomic E-state index is -3.94. The SMILES string of the molecule is CCCOc1ccc(/C=N\NC(=O)CNS(=O)(=O)c2ccc(OC)c(OC)c2)cc1OCC. The largest absolute Gasteiger partial charge is 0.493 e. The molecule has 2 aromatic carbocycles. The van der Waals surface area contributed by atoms with Crippen LogP contribution in [0.4, 0.5) is 0 Å². The summed E-state index contributed by atoms with van der Waals surface area (Å²) in [6.07, 6.45) is 2.30. The van der Waals surface area contributed by atoms with Crippen LogP contribution in [0.5, 0.6) is 23.0 Å². The molecule has 0 aliphatic carbocycles. The molecule has 2 aromatic rings. The number of ether oxygens (including phenoxy) is 4. The summed E-state index contributed by atoms with van der Waals surface area (Å²) < 4.78 is 48.6. The predicted octanol–water partition coefficient (Wildman–Crippen LogP) is 2.32. The molecule has 0 saturated heterocycles. The molecular weight excluding hydrogens is 450 g/mol. The second kappa shape index (κ2) is 12.7. The zero-order chi connectivity index (χ0) is 24.3. The molecule has 11 heteroatoms. The zero-order valence-electron chi connectivity index (χ0n) is 19.1. The molecule has 2 N–H and O–H groups in total. The van der Waals surface area contributed by atoms with Crippen LogP contribution in [-0.2, 0) is 14.8 Å². The maximum absolute atomic E-state index is 12.5. The number of sulfonamides is 1. The summed E-state index contributed by atoms with van der Waals surface area (Å²) in [5.41, 5.74) is 2.96. The van der Waals surface area contributed by atoms with Crippen molar-refractivity contribution in [2.45, 2.75) is 25.2 Å². The number of hydrogen-bond acceptors (Lipinski definition) is 8. The number of carbonyl (C=O) groups excluding carboxylic acids is 1. The quantitative estimate of drug-likeness (QED) is 0.334. The molecule has 0 heterocycles. The van der Waals surface area contributed by atoms with Crippen molar-refractivity contribution in [2.75, 3.05) is 34.0 Å². The highest BCUT2D eigenvalue weighted by Crippen LogP contribution is 2.29. The van der Waals surface area contributed by atoms with Gasteiger partial charge in [0.05, 0.1) is 45.1 Å². The number of hydrogen-bond donors (Lipinski definition) is 2. The van der Waals surface area contributed by atoms with E-state index in [-0.39, 0.29) is 10.6 Å². The lowest BCUT2D eigenvalue weighted by Crippen LogP contribution is -2.34. The number of amides is 1. The van der Waals surface area contributed by atoms with Gasteiger partial charge in [0, 0.05) is 6.07 Å². The summed E-state index contributed by atoms with van der Waals surface area (Å²) in [7, 11) is -1.10. The van der Waals surface area contributed by atoms with Crippen LogP contribution >= 0.6 is 0 Å². The first kappa shape index (κ1) is 25.9. The summed E-state index contributed by atoms with van der Waals surface area (Å²) in [4.78, 5) is 12.0. The lowest BCUT2D eigenvalue weighted by Gasteiger charge is -2.12. The fraction of sp³-hybridized carbons (Fsp3) is 0.364. The van der Waals surface area contributed by atoms with Crippen molar-refractivity contribution in [2.24, 2.45) is 5.10 Å². The van der Waals surface area contributed by atoms with Crippen LogP contribution in [0.1, 0.15) is 25.8 Å².